The van der Waals surface area contributed by atoms with Crippen molar-refractivity contribution in [2.45, 2.75) is 44.9 Å². The van der Waals surface area contributed by atoms with E-state index in [-0.39, 0.29) is 13.0 Å². The van der Waals surface area contributed by atoms with Crippen LogP contribution in [0, 0.1) is 0 Å². The standard InChI is InChI=1S/C12H19NO7/c1-12(2,3)20-8(14)6-19-7-4-5-13(11(17)18)9(7)10(15)16/h7,9H,4-6H2,1-3H3,(H,15,16)(H,17,18)/t7-,9-/m0/s1. The summed E-state index contributed by atoms with van der Waals surface area (Å²) in [6, 6.07) is -1.30. The van der Waals surface area contributed by atoms with Gasteiger partial charge in [0.25, 0.3) is 0 Å². The number of carboxylic acids is 1. The van der Waals surface area contributed by atoms with Gasteiger partial charge in [-0.25, -0.2) is 14.4 Å². The molecule has 0 aromatic heterocycles. The summed E-state index contributed by atoms with van der Waals surface area (Å²) in [5, 5.41) is 17.9. The van der Waals surface area contributed by atoms with E-state index in [1.54, 1.807) is 20.8 Å². The summed E-state index contributed by atoms with van der Waals surface area (Å²) in [6.45, 7) is 4.76. The highest BCUT2D eigenvalue weighted by Crippen LogP contribution is 2.21. The molecular formula is C12H19NO7. The summed E-state index contributed by atoms with van der Waals surface area (Å²) in [5.41, 5.74) is -0.657. The van der Waals surface area contributed by atoms with Crippen LogP contribution in [0.3, 0.4) is 0 Å². The maximum atomic E-state index is 11.5. The predicted molar refractivity (Wildman–Crippen MR) is 66.4 cm³/mol. The van der Waals surface area contributed by atoms with E-state index in [0.29, 0.717) is 0 Å². The second kappa shape index (κ2) is 6.08. The monoisotopic (exact) mass is 289 g/mol. The Bertz CT molecular complexity index is 401. The van der Waals surface area contributed by atoms with E-state index in [2.05, 4.69) is 0 Å². The van der Waals surface area contributed by atoms with Crippen LogP contribution in [0.2, 0.25) is 0 Å². The number of aliphatic carboxylic acids is 1. The zero-order chi connectivity index (χ0) is 15.5. The van der Waals surface area contributed by atoms with Gasteiger partial charge in [0.15, 0.2) is 6.04 Å². The smallest absolute Gasteiger partial charge is 0.408 e. The Morgan fingerprint density at radius 3 is 2.30 bits per heavy atom. The van der Waals surface area contributed by atoms with Gasteiger partial charge in [-0.1, -0.05) is 0 Å². The SMILES string of the molecule is CC(C)(C)OC(=O)CO[C@H]1CCN(C(=O)O)[C@@H]1C(=O)O. The molecule has 2 N–H and O–H groups in total. The average Bonchev–Trinajstić information content (AvgIpc) is 2.67. The molecule has 1 fully saturated rings. The first-order valence-corrected chi connectivity index (χ1v) is 6.17. The van der Waals surface area contributed by atoms with Crippen LogP contribution >= 0.6 is 0 Å². The van der Waals surface area contributed by atoms with Crippen molar-refractivity contribution >= 4 is 18.0 Å². The number of hydrogen-bond donors (Lipinski definition) is 2. The van der Waals surface area contributed by atoms with E-state index in [0.717, 1.165) is 4.90 Å². The third-order valence-electron chi connectivity index (χ3n) is 2.68. The fraction of sp³-hybridized carbons (Fsp3) is 0.750. The molecule has 1 rings (SSSR count). The minimum atomic E-state index is -1.32. The number of esters is 1. The quantitative estimate of drug-likeness (QED) is 0.726. The van der Waals surface area contributed by atoms with Gasteiger partial charge in [0.2, 0.25) is 0 Å². The Labute approximate surface area is 116 Å². The number of carbonyl (C=O) groups excluding carboxylic acids is 1. The van der Waals surface area contributed by atoms with E-state index in [1.165, 1.54) is 0 Å². The number of carbonyl (C=O) groups is 3. The van der Waals surface area contributed by atoms with Crippen molar-refractivity contribution in [3.63, 3.8) is 0 Å². The lowest BCUT2D eigenvalue weighted by Crippen LogP contribution is -2.45. The highest BCUT2D eigenvalue weighted by Gasteiger charge is 2.43. The molecule has 0 bridgehead atoms. The van der Waals surface area contributed by atoms with Crippen molar-refractivity contribution in [3.05, 3.63) is 0 Å². The Morgan fingerprint density at radius 2 is 1.85 bits per heavy atom. The molecule has 1 aliphatic heterocycles. The third-order valence-corrected chi connectivity index (χ3v) is 2.68. The third kappa shape index (κ3) is 4.37. The van der Waals surface area contributed by atoms with Gasteiger partial charge in [-0.2, -0.15) is 0 Å². The van der Waals surface area contributed by atoms with Gasteiger partial charge in [-0.3, -0.25) is 4.90 Å². The minimum absolute atomic E-state index is 0.0608. The normalized spacial score (nSPS) is 22.6. The van der Waals surface area contributed by atoms with Crippen LogP contribution in [0.4, 0.5) is 4.79 Å². The molecule has 0 aromatic carbocycles. The summed E-state index contributed by atoms with van der Waals surface area (Å²) in [5.74, 6) is -1.91. The first-order valence-electron chi connectivity index (χ1n) is 6.17. The molecule has 1 aliphatic rings. The number of rotatable bonds is 4. The summed E-state index contributed by atoms with van der Waals surface area (Å²) in [6.07, 6.45) is -1.94. The molecule has 20 heavy (non-hydrogen) atoms. The summed E-state index contributed by atoms with van der Waals surface area (Å²) >= 11 is 0. The maximum absolute atomic E-state index is 11.5. The van der Waals surface area contributed by atoms with E-state index in [4.69, 9.17) is 19.7 Å². The molecule has 0 radical (unpaired) electrons. The molecule has 0 unspecified atom stereocenters. The molecule has 8 nitrogen and oxygen atoms in total. The van der Waals surface area contributed by atoms with Crippen LogP contribution < -0.4 is 0 Å². The summed E-state index contributed by atoms with van der Waals surface area (Å²) < 4.78 is 10.2. The first-order chi connectivity index (χ1) is 9.11. The van der Waals surface area contributed by atoms with Crippen LogP contribution in [0.5, 0.6) is 0 Å². The number of ether oxygens (including phenoxy) is 2. The van der Waals surface area contributed by atoms with Crippen molar-refractivity contribution < 1.29 is 34.1 Å². The number of nitrogens with zero attached hydrogens (tertiary/aromatic N) is 1. The first kappa shape index (κ1) is 16.2. The van der Waals surface area contributed by atoms with Crippen molar-refractivity contribution in [1.29, 1.82) is 0 Å². The van der Waals surface area contributed by atoms with E-state index >= 15 is 0 Å². The van der Waals surface area contributed by atoms with Gasteiger partial charge < -0.3 is 19.7 Å². The Morgan fingerprint density at radius 1 is 1.25 bits per heavy atom. The van der Waals surface area contributed by atoms with Crippen LogP contribution in [0.1, 0.15) is 27.2 Å². The number of hydrogen-bond acceptors (Lipinski definition) is 5. The average molecular weight is 289 g/mol. The van der Waals surface area contributed by atoms with Crippen LogP contribution in [0.15, 0.2) is 0 Å². The predicted octanol–water partition coefficient (Wildman–Crippen LogP) is 0.550. The van der Waals surface area contributed by atoms with Gasteiger partial charge in [0, 0.05) is 6.54 Å². The summed E-state index contributed by atoms with van der Waals surface area (Å²) in [7, 11) is 0. The van der Waals surface area contributed by atoms with Crippen LogP contribution in [-0.4, -0.2) is 64.0 Å². The molecule has 0 saturated carbocycles. The van der Waals surface area contributed by atoms with Gasteiger partial charge >= 0.3 is 18.0 Å². The second-order valence-electron chi connectivity index (χ2n) is 5.48. The fourth-order valence-electron chi connectivity index (χ4n) is 1.99. The van der Waals surface area contributed by atoms with Crippen molar-refractivity contribution in [2.24, 2.45) is 0 Å². The second-order valence-corrected chi connectivity index (χ2v) is 5.48. The van der Waals surface area contributed by atoms with Gasteiger partial charge in [0.05, 0.1) is 6.10 Å². The molecule has 114 valence electrons. The highest BCUT2D eigenvalue weighted by atomic mass is 16.6. The van der Waals surface area contributed by atoms with Gasteiger partial charge in [0.1, 0.15) is 12.2 Å². The van der Waals surface area contributed by atoms with Crippen LogP contribution in [-0.2, 0) is 19.1 Å². The lowest BCUT2D eigenvalue weighted by atomic mass is 10.1. The summed E-state index contributed by atoms with van der Waals surface area (Å²) in [4.78, 5) is 34.3. The molecule has 0 aromatic rings. The van der Waals surface area contributed by atoms with Gasteiger partial charge in [-0.05, 0) is 27.2 Å². The Balaban J connectivity index is 2.57. The maximum Gasteiger partial charge on any atom is 0.408 e. The molecule has 0 spiro atoms. The molecule has 2 atom stereocenters. The van der Waals surface area contributed by atoms with Gasteiger partial charge in [-0.15, -0.1) is 0 Å². The minimum Gasteiger partial charge on any atom is -0.480 e. The number of likely N-dealkylation sites (tertiary alicyclic amines) is 1. The highest BCUT2D eigenvalue weighted by molar-refractivity contribution is 5.81. The number of carboxylic acid groups (broad SMARTS) is 2. The molecule has 1 heterocycles. The molecular weight excluding hydrogens is 270 g/mol. The Hall–Kier alpha value is -1.83. The van der Waals surface area contributed by atoms with E-state index < -0.39 is 42.4 Å². The van der Waals surface area contributed by atoms with E-state index in [1.807, 2.05) is 0 Å². The molecule has 1 saturated heterocycles. The van der Waals surface area contributed by atoms with Crippen LogP contribution in [0.25, 0.3) is 0 Å². The molecule has 1 amide bonds. The Kier molecular flexibility index (Phi) is 4.93. The molecule has 8 heteroatoms. The fourth-order valence-corrected chi connectivity index (χ4v) is 1.99. The van der Waals surface area contributed by atoms with Crippen molar-refractivity contribution in [2.75, 3.05) is 13.2 Å². The zero-order valence-electron chi connectivity index (χ0n) is 11.7. The largest absolute Gasteiger partial charge is 0.480 e. The lowest BCUT2D eigenvalue weighted by molar-refractivity contribution is -0.164. The van der Waals surface area contributed by atoms with Crippen molar-refractivity contribution in [3.8, 4) is 0 Å². The van der Waals surface area contributed by atoms with E-state index in [9.17, 15) is 14.4 Å². The number of amides is 1. The topological polar surface area (TPSA) is 113 Å². The van der Waals surface area contributed by atoms with Crippen molar-refractivity contribution in [1.82, 2.24) is 4.90 Å². The zero-order valence-corrected chi connectivity index (χ0v) is 11.7. The lowest BCUT2D eigenvalue weighted by Gasteiger charge is -2.23. The molecule has 0 aliphatic carbocycles.